The lowest BCUT2D eigenvalue weighted by Gasteiger charge is -2.19. The lowest BCUT2D eigenvalue weighted by molar-refractivity contribution is 0.107. The van der Waals surface area contributed by atoms with E-state index in [1.807, 2.05) is 6.07 Å². The van der Waals surface area contributed by atoms with Crippen molar-refractivity contribution in [3.63, 3.8) is 0 Å². The average Bonchev–Trinajstić information content (AvgIpc) is 2.19. The lowest BCUT2D eigenvalue weighted by Crippen LogP contribution is -2.28. The molecule has 0 saturated heterocycles. The number of nitriles is 1. The number of amides is 1. The van der Waals surface area contributed by atoms with Crippen LogP contribution in [0.2, 0.25) is 0 Å². The van der Waals surface area contributed by atoms with Crippen molar-refractivity contribution in [3.05, 3.63) is 0 Å². The molecule has 0 unspecified atom stereocenters. The first kappa shape index (κ1) is 14.8. The first-order chi connectivity index (χ1) is 7.37. The van der Waals surface area contributed by atoms with Crippen LogP contribution in [-0.4, -0.2) is 31.2 Å². The molecule has 0 rings (SSSR count). The van der Waals surface area contributed by atoms with Crippen LogP contribution in [0.15, 0.2) is 0 Å². The van der Waals surface area contributed by atoms with E-state index in [0.717, 1.165) is 12.8 Å². The molecule has 0 N–H and O–H groups in total. The zero-order valence-corrected chi connectivity index (χ0v) is 10.7. The summed E-state index contributed by atoms with van der Waals surface area (Å²) in [6, 6.07) is 1.99. The third-order valence-corrected chi connectivity index (χ3v) is 2.17. The Kier molecular flexibility index (Phi) is 6.55. The zero-order chi connectivity index (χ0) is 12.6. The Labute approximate surface area is 98.2 Å². The highest BCUT2D eigenvalue weighted by atomic mass is 16.6. The minimum Gasteiger partial charge on any atom is -0.449 e. The predicted molar refractivity (Wildman–Crippen MR) is 62.9 cm³/mol. The molecule has 0 aliphatic carbocycles. The minimum absolute atomic E-state index is 0.277. The van der Waals surface area contributed by atoms with E-state index < -0.39 is 0 Å². The van der Waals surface area contributed by atoms with Gasteiger partial charge in [0.25, 0.3) is 0 Å². The van der Waals surface area contributed by atoms with E-state index in [4.69, 9.17) is 10.00 Å². The van der Waals surface area contributed by atoms with E-state index >= 15 is 0 Å². The molecule has 0 heterocycles. The van der Waals surface area contributed by atoms with Crippen molar-refractivity contribution in [3.8, 4) is 6.07 Å². The summed E-state index contributed by atoms with van der Waals surface area (Å²) in [5.74, 6) is 0. The molecule has 0 aromatic carbocycles. The monoisotopic (exact) mass is 226 g/mol. The summed E-state index contributed by atoms with van der Waals surface area (Å²) in [5, 5.41) is 8.37. The normalized spacial score (nSPS) is 10.7. The van der Waals surface area contributed by atoms with Crippen molar-refractivity contribution >= 4 is 6.09 Å². The number of hydrogen-bond donors (Lipinski definition) is 0. The van der Waals surface area contributed by atoms with Gasteiger partial charge in [0.2, 0.25) is 0 Å². The Morgan fingerprint density at radius 1 is 1.44 bits per heavy atom. The standard InChI is InChI=1S/C12H22N2O2/c1-12(2,3)7-5-10-16-11(15)14(4)9-6-8-13/h5-7,9-10H2,1-4H3. The maximum absolute atomic E-state index is 11.4. The smallest absolute Gasteiger partial charge is 0.409 e. The van der Waals surface area contributed by atoms with Crippen molar-refractivity contribution in [2.24, 2.45) is 5.41 Å². The molecule has 16 heavy (non-hydrogen) atoms. The summed E-state index contributed by atoms with van der Waals surface area (Å²) in [6.45, 7) is 7.36. The van der Waals surface area contributed by atoms with E-state index in [2.05, 4.69) is 20.8 Å². The van der Waals surface area contributed by atoms with Crippen LogP contribution in [0.25, 0.3) is 0 Å². The fraction of sp³-hybridized carbons (Fsp3) is 0.833. The highest BCUT2D eigenvalue weighted by molar-refractivity contribution is 5.67. The largest absolute Gasteiger partial charge is 0.449 e. The molecule has 0 saturated carbocycles. The molecule has 0 atom stereocenters. The van der Waals surface area contributed by atoms with Crippen LogP contribution in [0.1, 0.15) is 40.0 Å². The zero-order valence-electron chi connectivity index (χ0n) is 10.7. The fourth-order valence-corrected chi connectivity index (χ4v) is 1.18. The Hall–Kier alpha value is -1.24. The van der Waals surface area contributed by atoms with Crippen LogP contribution < -0.4 is 0 Å². The Bertz CT molecular complexity index is 251. The van der Waals surface area contributed by atoms with Gasteiger partial charge in [-0.2, -0.15) is 5.26 Å². The second-order valence-electron chi connectivity index (χ2n) is 5.11. The van der Waals surface area contributed by atoms with E-state index in [1.54, 1.807) is 7.05 Å². The van der Waals surface area contributed by atoms with Crippen LogP contribution >= 0.6 is 0 Å². The molecular formula is C12H22N2O2. The summed E-state index contributed by atoms with van der Waals surface area (Å²) < 4.78 is 5.07. The van der Waals surface area contributed by atoms with Crippen molar-refractivity contribution < 1.29 is 9.53 Å². The summed E-state index contributed by atoms with van der Waals surface area (Å²) in [6.07, 6.45) is 1.90. The third-order valence-electron chi connectivity index (χ3n) is 2.17. The molecule has 0 radical (unpaired) electrons. The highest BCUT2D eigenvalue weighted by Gasteiger charge is 2.12. The molecule has 0 aliphatic heterocycles. The van der Waals surface area contributed by atoms with Gasteiger partial charge in [-0.3, -0.25) is 0 Å². The van der Waals surface area contributed by atoms with Crippen LogP contribution in [0, 0.1) is 16.7 Å². The number of hydrogen-bond acceptors (Lipinski definition) is 3. The van der Waals surface area contributed by atoms with Crippen LogP contribution in [0.3, 0.4) is 0 Å². The maximum Gasteiger partial charge on any atom is 0.409 e. The third kappa shape index (κ3) is 8.10. The molecule has 4 heteroatoms. The van der Waals surface area contributed by atoms with Crippen molar-refractivity contribution in [2.75, 3.05) is 20.2 Å². The molecule has 92 valence electrons. The summed E-state index contributed by atoms with van der Waals surface area (Å²) in [7, 11) is 1.64. The van der Waals surface area contributed by atoms with Gasteiger partial charge in [-0.05, 0) is 18.3 Å². The van der Waals surface area contributed by atoms with Crippen LogP contribution in [-0.2, 0) is 4.74 Å². The van der Waals surface area contributed by atoms with Crippen molar-refractivity contribution in [1.29, 1.82) is 5.26 Å². The fourth-order valence-electron chi connectivity index (χ4n) is 1.18. The maximum atomic E-state index is 11.4. The summed E-state index contributed by atoms with van der Waals surface area (Å²) >= 11 is 0. The van der Waals surface area contributed by atoms with Gasteiger partial charge >= 0.3 is 6.09 Å². The van der Waals surface area contributed by atoms with E-state index in [0.29, 0.717) is 19.6 Å². The van der Waals surface area contributed by atoms with Gasteiger partial charge in [-0.1, -0.05) is 20.8 Å². The predicted octanol–water partition coefficient (Wildman–Crippen LogP) is 2.79. The lowest BCUT2D eigenvalue weighted by atomic mass is 9.91. The number of nitrogens with zero attached hydrogens (tertiary/aromatic N) is 2. The number of ether oxygens (including phenoxy) is 1. The molecule has 0 aromatic rings. The molecular weight excluding hydrogens is 204 g/mol. The summed E-state index contributed by atoms with van der Waals surface area (Å²) in [4.78, 5) is 12.8. The van der Waals surface area contributed by atoms with Crippen molar-refractivity contribution in [1.82, 2.24) is 4.90 Å². The number of carbonyl (C=O) groups is 1. The molecule has 0 aromatic heterocycles. The van der Waals surface area contributed by atoms with Gasteiger partial charge < -0.3 is 9.64 Å². The van der Waals surface area contributed by atoms with Crippen LogP contribution in [0.5, 0.6) is 0 Å². The average molecular weight is 226 g/mol. The van der Waals surface area contributed by atoms with E-state index in [-0.39, 0.29) is 11.5 Å². The van der Waals surface area contributed by atoms with Gasteiger partial charge in [0.15, 0.2) is 0 Å². The quantitative estimate of drug-likeness (QED) is 0.677. The second-order valence-corrected chi connectivity index (χ2v) is 5.11. The first-order valence-corrected chi connectivity index (χ1v) is 5.61. The molecule has 0 spiro atoms. The first-order valence-electron chi connectivity index (χ1n) is 5.61. The van der Waals surface area contributed by atoms with Crippen LogP contribution in [0.4, 0.5) is 4.79 Å². The number of carbonyl (C=O) groups excluding carboxylic acids is 1. The van der Waals surface area contributed by atoms with Gasteiger partial charge in [-0.15, -0.1) is 0 Å². The van der Waals surface area contributed by atoms with Gasteiger partial charge in [0, 0.05) is 13.6 Å². The Morgan fingerprint density at radius 2 is 2.06 bits per heavy atom. The van der Waals surface area contributed by atoms with E-state index in [1.165, 1.54) is 4.90 Å². The molecule has 0 bridgehead atoms. The van der Waals surface area contributed by atoms with Gasteiger partial charge in [0.05, 0.1) is 19.1 Å². The Morgan fingerprint density at radius 3 is 2.56 bits per heavy atom. The van der Waals surface area contributed by atoms with Gasteiger partial charge in [0.1, 0.15) is 0 Å². The minimum atomic E-state index is -0.343. The SMILES string of the molecule is CN(CCC#N)C(=O)OCCCC(C)(C)C. The van der Waals surface area contributed by atoms with Gasteiger partial charge in [-0.25, -0.2) is 4.79 Å². The molecule has 1 amide bonds. The topological polar surface area (TPSA) is 53.3 Å². The van der Waals surface area contributed by atoms with Crippen molar-refractivity contribution in [2.45, 2.75) is 40.0 Å². The molecule has 0 fully saturated rings. The summed E-state index contributed by atoms with van der Waals surface area (Å²) in [5.41, 5.74) is 0.277. The van der Waals surface area contributed by atoms with E-state index in [9.17, 15) is 4.79 Å². The second kappa shape index (κ2) is 7.10. The molecule has 0 aliphatic rings. The Balaban J connectivity index is 3.62. The molecule has 4 nitrogen and oxygen atoms in total. The number of rotatable bonds is 5. The highest BCUT2D eigenvalue weighted by Crippen LogP contribution is 2.20.